The number of aromatic nitrogens is 2. The lowest BCUT2D eigenvalue weighted by molar-refractivity contribution is 0.102. The number of piperidine rings is 1. The Kier molecular flexibility index (Phi) is 6.06. The fourth-order valence-electron chi connectivity index (χ4n) is 3.82. The van der Waals surface area contributed by atoms with Crippen LogP contribution in [0.4, 0.5) is 5.69 Å². The second kappa shape index (κ2) is 8.90. The van der Waals surface area contributed by atoms with Crippen LogP contribution in [0.5, 0.6) is 5.75 Å². The van der Waals surface area contributed by atoms with Crippen LogP contribution in [0.15, 0.2) is 48.7 Å². The predicted octanol–water partition coefficient (Wildman–Crippen LogP) is 4.56. The maximum Gasteiger partial charge on any atom is 0.259 e. The maximum atomic E-state index is 13.2. The van der Waals surface area contributed by atoms with E-state index >= 15 is 0 Å². The minimum Gasteiger partial charge on any atom is -0.497 e. The van der Waals surface area contributed by atoms with E-state index in [9.17, 15) is 4.79 Å². The molecule has 3 aromatic rings. The van der Waals surface area contributed by atoms with Gasteiger partial charge in [-0.25, -0.2) is 4.68 Å². The van der Waals surface area contributed by atoms with E-state index in [0.717, 1.165) is 48.6 Å². The van der Waals surface area contributed by atoms with E-state index in [1.807, 2.05) is 48.0 Å². The molecule has 0 radical (unpaired) electrons. The van der Waals surface area contributed by atoms with E-state index in [2.05, 4.69) is 15.7 Å². The van der Waals surface area contributed by atoms with Crippen LogP contribution < -0.4 is 15.4 Å². The first-order valence-corrected chi connectivity index (χ1v) is 10.4. The molecule has 0 atom stereocenters. The van der Waals surface area contributed by atoms with Gasteiger partial charge in [0.15, 0.2) is 0 Å². The van der Waals surface area contributed by atoms with Crippen molar-refractivity contribution in [3.05, 3.63) is 70.5 Å². The van der Waals surface area contributed by atoms with Crippen LogP contribution in [0, 0.1) is 6.92 Å². The van der Waals surface area contributed by atoms with Crippen LogP contribution in [-0.2, 0) is 0 Å². The average Bonchev–Trinajstić information content (AvgIpc) is 3.22. The Bertz CT molecular complexity index is 1040. The van der Waals surface area contributed by atoms with Crippen molar-refractivity contribution in [2.75, 3.05) is 25.5 Å². The number of nitrogens with one attached hydrogen (secondary N) is 2. The highest BCUT2D eigenvalue weighted by molar-refractivity contribution is 6.31. The topological polar surface area (TPSA) is 68.2 Å². The lowest BCUT2D eigenvalue weighted by Gasteiger charge is -2.24. The van der Waals surface area contributed by atoms with Gasteiger partial charge in [-0.05, 0) is 74.8 Å². The number of rotatable bonds is 5. The second-order valence-electron chi connectivity index (χ2n) is 7.50. The van der Waals surface area contributed by atoms with Gasteiger partial charge < -0.3 is 15.4 Å². The summed E-state index contributed by atoms with van der Waals surface area (Å²) in [6, 6.07) is 13.2. The van der Waals surface area contributed by atoms with Gasteiger partial charge in [-0.3, -0.25) is 4.79 Å². The van der Waals surface area contributed by atoms with Crippen molar-refractivity contribution in [1.29, 1.82) is 0 Å². The number of aryl methyl sites for hydroxylation is 1. The number of benzene rings is 2. The SMILES string of the molecule is COc1ccc(-n2ncc(C(=O)Nc3ccc(C)c(Cl)c3)c2C2CCNCC2)cc1. The highest BCUT2D eigenvalue weighted by atomic mass is 35.5. The average molecular weight is 425 g/mol. The molecule has 6 nitrogen and oxygen atoms in total. The molecule has 0 bridgehead atoms. The Labute approximate surface area is 181 Å². The number of ether oxygens (including phenoxy) is 1. The van der Waals surface area contributed by atoms with Crippen LogP contribution in [0.2, 0.25) is 5.02 Å². The van der Waals surface area contributed by atoms with Crippen molar-refractivity contribution in [2.24, 2.45) is 0 Å². The van der Waals surface area contributed by atoms with E-state index in [1.54, 1.807) is 19.4 Å². The zero-order chi connectivity index (χ0) is 21.1. The van der Waals surface area contributed by atoms with Crippen LogP contribution in [-0.4, -0.2) is 35.9 Å². The molecule has 0 saturated carbocycles. The Morgan fingerprint density at radius 2 is 1.93 bits per heavy atom. The van der Waals surface area contributed by atoms with Crippen LogP contribution in [0.3, 0.4) is 0 Å². The highest BCUT2D eigenvalue weighted by Gasteiger charge is 2.27. The third-order valence-electron chi connectivity index (χ3n) is 5.52. The van der Waals surface area contributed by atoms with E-state index in [0.29, 0.717) is 16.3 Å². The number of hydrogen-bond donors (Lipinski definition) is 2. The molecule has 2 heterocycles. The molecule has 1 amide bonds. The quantitative estimate of drug-likeness (QED) is 0.629. The van der Waals surface area contributed by atoms with Crippen molar-refractivity contribution in [3.8, 4) is 11.4 Å². The smallest absolute Gasteiger partial charge is 0.259 e. The van der Waals surface area contributed by atoms with Crippen LogP contribution in [0.1, 0.15) is 40.4 Å². The Morgan fingerprint density at radius 3 is 2.60 bits per heavy atom. The van der Waals surface area contributed by atoms with E-state index in [4.69, 9.17) is 16.3 Å². The van der Waals surface area contributed by atoms with Gasteiger partial charge in [0.25, 0.3) is 5.91 Å². The molecule has 30 heavy (non-hydrogen) atoms. The number of carbonyl (C=O) groups is 1. The molecule has 1 fully saturated rings. The molecule has 4 rings (SSSR count). The number of carbonyl (C=O) groups excluding carboxylic acids is 1. The van der Waals surface area contributed by atoms with Gasteiger partial charge in [0, 0.05) is 16.6 Å². The summed E-state index contributed by atoms with van der Waals surface area (Å²) in [5.74, 6) is 0.852. The summed E-state index contributed by atoms with van der Waals surface area (Å²) in [5, 5.41) is 11.6. The normalized spacial score (nSPS) is 14.5. The molecule has 1 aliphatic rings. The van der Waals surface area contributed by atoms with E-state index in [-0.39, 0.29) is 11.8 Å². The first-order valence-electron chi connectivity index (χ1n) is 10.1. The third-order valence-corrected chi connectivity index (χ3v) is 5.93. The first kappa shape index (κ1) is 20.4. The zero-order valence-electron chi connectivity index (χ0n) is 17.1. The number of amides is 1. The Balaban J connectivity index is 1.70. The number of halogens is 1. The van der Waals surface area contributed by atoms with Crippen molar-refractivity contribution >= 4 is 23.2 Å². The molecule has 0 spiro atoms. The number of anilines is 1. The lowest BCUT2D eigenvalue weighted by atomic mass is 9.91. The predicted molar refractivity (Wildman–Crippen MR) is 119 cm³/mol. The van der Waals surface area contributed by atoms with E-state index < -0.39 is 0 Å². The lowest BCUT2D eigenvalue weighted by Crippen LogP contribution is -2.29. The summed E-state index contributed by atoms with van der Waals surface area (Å²) < 4.78 is 7.15. The van der Waals surface area contributed by atoms with Gasteiger partial charge in [0.2, 0.25) is 0 Å². The summed E-state index contributed by atoms with van der Waals surface area (Å²) in [6.07, 6.45) is 3.57. The maximum absolute atomic E-state index is 13.2. The summed E-state index contributed by atoms with van der Waals surface area (Å²) in [4.78, 5) is 13.2. The van der Waals surface area contributed by atoms with Gasteiger partial charge in [0.1, 0.15) is 5.75 Å². The second-order valence-corrected chi connectivity index (χ2v) is 7.90. The van der Waals surface area contributed by atoms with Gasteiger partial charge in [-0.2, -0.15) is 5.10 Å². The molecule has 1 aromatic heterocycles. The molecular weight excluding hydrogens is 400 g/mol. The molecular formula is C23H25ClN4O2. The van der Waals surface area contributed by atoms with Gasteiger partial charge in [-0.1, -0.05) is 17.7 Å². The Morgan fingerprint density at radius 1 is 1.20 bits per heavy atom. The molecule has 7 heteroatoms. The zero-order valence-corrected chi connectivity index (χ0v) is 17.9. The fourth-order valence-corrected chi connectivity index (χ4v) is 4.00. The van der Waals surface area contributed by atoms with Crippen molar-refractivity contribution in [3.63, 3.8) is 0 Å². The minimum atomic E-state index is -0.178. The molecule has 0 unspecified atom stereocenters. The van der Waals surface area contributed by atoms with Crippen molar-refractivity contribution in [1.82, 2.24) is 15.1 Å². The fraction of sp³-hybridized carbons (Fsp3) is 0.304. The molecule has 0 aliphatic carbocycles. The van der Waals surface area contributed by atoms with Crippen LogP contribution in [0.25, 0.3) is 5.69 Å². The number of hydrogen-bond acceptors (Lipinski definition) is 4. The van der Waals surface area contributed by atoms with Crippen molar-refractivity contribution in [2.45, 2.75) is 25.7 Å². The van der Waals surface area contributed by atoms with Gasteiger partial charge >= 0.3 is 0 Å². The Hall–Kier alpha value is -2.83. The third kappa shape index (κ3) is 4.20. The van der Waals surface area contributed by atoms with Crippen molar-refractivity contribution < 1.29 is 9.53 Å². The van der Waals surface area contributed by atoms with E-state index in [1.165, 1.54) is 0 Å². The van der Waals surface area contributed by atoms with Crippen LogP contribution >= 0.6 is 11.6 Å². The number of nitrogens with zero attached hydrogens (tertiary/aromatic N) is 2. The standard InChI is InChI=1S/C23H25ClN4O2/c1-15-3-4-17(13-21(15)24)27-23(29)20-14-26-28(18-5-7-19(30-2)8-6-18)22(20)16-9-11-25-12-10-16/h3-8,13-14,16,25H,9-12H2,1-2H3,(H,27,29). The molecule has 1 saturated heterocycles. The summed E-state index contributed by atoms with van der Waals surface area (Å²) >= 11 is 6.22. The highest BCUT2D eigenvalue weighted by Crippen LogP contribution is 2.31. The molecule has 2 aromatic carbocycles. The monoisotopic (exact) mass is 424 g/mol. The van der Waals surface area contributed by atoms with Gasteiger partial charge in [0.05, 0.1) is 30.3 Å². The molecule has 1 aliphatic heterocycles. The summed E-state index contributed by atoms with van der Waals surface area (Å²) in [5.41, 5.74) is 4.08. The number of methoxy groups -OCH3 is 1. The molecule has 2 N–H and O–H groups in total. The molecule has 156 valence electrons. The summed E-state index contributed by atoms with van der Waals surface area (Å²) in [6.45, 7) is 3.78. The van der Waals surface area contributed by atoms with Gasteiger partial charge in [-0.15, -0.1) is 0 Å². The summed E-state index contributed by atoms with van der Waals surface area (Å²) in [7, 11) is 1.64. The largest absolute Gasteiger partial charge is 0.497 e. The minimum absolute atomic E-state index is 0.178. The first-order chi connectivity index (χ1) is 14.6.